The number of nitrogens with zero attached hydrogens (tertiary/aromatic N) is 4. The fourth-order valence-electron chi connectivity index (χ4n) is 2.90. The number of aromatic nitrogens is 2. The number of urea groups is 1. The van der Waals surface area contributed by atoms with E-state index in [9.17, 15) is 9.59 Å². The first kappa shape index (κ1) is 19.2. The third kappa shape index (κ3) is 4.93. The summed E-state index contributed by atoms with van der Waals surface area (Å²) in [5.41, 5.74) is -0.180. The highest BCUT2D eigenvalue weighted by Gasteiger charge is 2.36. The predicted octanol–water partition coefficient (Wildman–Crippen LogP) is 1.81. The van der Waals surface area contributed by atoms with Crippen LogP contribution < -0.4 is 5.32 Å². The van der Waals surface area contributed by atoms with Gasteiger partial charge in [0, 0.05) is 43.9 Å². The number of carbonyl (C=O) groups excluding carboxylic acids is 2. The molecule has 0 radical (unpaired) electrons. The molecule has 8 nitrogen and oxygen atoms in total. The van der Waals surface area contributed by atoms with E-state index in [0.29, 0.717) is 44.2 Å². The van der Waals surface area contributed by atoms with Gasteiger partial charge in [-0.25, -0.2) is 4.79 Å². The van der Waals surface area contributed by atoms with E-state index < -0.39 is 0 Å². The van der Waals surface area contributed by atoms with Gasteiger partial charge in [-0.2, -0.15) is 4.98 Å². The van der Waals surface area contributed by atoms with Gasteiger partial charge in [-0.05, 0) is 27.7 Å². The van der Waals surface area contributed by atoms with Crippen molar-refractivity contribution in [1.29, 1.82) is 0 Å². The topological polar surface area (TPSA) is 91.6 Å². The molecule has 3 amide bonds. The highest BCUT2D eigenvalue weighted by Crippen LogP contribution is 2.25. The van der Waals surface area contributed by atoms with Crippen LogP contribution in [-0.2, 0) is 17.8 Å². The van der Waals surface area contributed by atoms with Crippen molar-refractivity contribution in [3.63, 3.8) is 0 Å². The number of likely N-dealkylation sites (tertiary alicyclic amines) is 1. The first-order valence-electron chi connectivity index (χ1n) is 8.89. The number of hydrogen-bond donors (Lipinski definition) is 1. The molecule has 8 heteroatoms. The molecule has 1 saturated heterocycles. The molecule has 140 valence electrons. The van der Waals surface area contributed by atoms with Crippen molar-refractivity contribution < 1.29 is 14.1 Å². The summed E-state index contributed by atoms with van der Waals surface area (Å²) in [5.74, 6) is 1.36. The van der Waals surface area contributed by atoms with Crippen LogP contribution in [0.15, 0.2) is 4.52 Å². The van der Waals surface area contributed by atoms with Crippen molar-refractivity contribution in [3.8, 4) is 0 Å². The first-order valence-corrected chi connectivity index (χ1v) is 8.89. The van der Waals surface area contributed by atoms with Crippen LogP contribution in [-0.4, -0.2) is 57.1 Å². The average Bonchev–Trinajstić information content (AvgIpc) is 3.16. The van der Waals surface area contributed by atoms with E-state index in [4.69, 9.17) is 4.52 Å². The maximum absolute atomic E-state index is 12.4. The zero-order valence-electron chi connectivity index (χ0n) is 15.8. The zero-order valence-corrected chi connectivity index (χ0v) is 15.8. The lowest BCUT2D eigenvalue weighted by Crippen LogP contribution is -2.44. The van der Waals surface area contributed by atoms with Gasteiger partial charge < -0.3 is 19.6 Å². The number of carbonyl (C=O) groups is 2. The van der Waals surface area contributed by atoms with Crippen molar-refractivity contribution in [2.24, 2.45) is 5.92 Å². The van der Waals surface area contributed by atoms with Crippen molar-refractivity contribution in [2.75, 3.05) is 19.6 Å². The van der Waals surface area contributed by atoms with Gasteiger partial charge in [0.25, 0.3) is 0 Å². The molecular weight excluding hydrogens is 322 g/mol. The zero-order chi connectivity index (χ0) is 18.6. The number of aryl methyl sites for hydroxylation is 1. The number of amides is 3. The lowest BCUT2D eigenvalue weighted by molar-refractivity contribution is -0.131. The van der Waals surface area contributed by atoms with Crippen molar-refractivity contribution >= 4 is 11.9 Å². The van der Waals surface area contributed by atoms with Gasteiger partial charge in [-0.1, -0.05) is 12.1 Å². The molecule has 2 rings (SSSR count). The maximum atomic E-state index is 12.4. The van der Waals surface area contributed by atoms with Gasteiger partial charge in [0.05, 0.1) is 0 Å². The van der Waals surface area contributed by atoms with Crippen LogP contribution in [0.5, 0.6) is 0 Å². The van der Waals surface area contributed by atoms with Gasteiger partial charge in [0.2, 0.25) is 11.8 Å². The Hall–Kier alpha value is -2.12. The van der Waals surface area contributed by atoms with Crippen LogP contribution in [0.2, 0.25) is 0 Å². The van der Waals surface area contributed by atoms with Crippen molar-refractivity contribution in [1.82, 2.24) is 25.3 Å². The number of nitrogens with one attached hydrogen (secondary N) is 1. The average molecular weight is 351 g/mol. The van der Waals surface area contributed by atoms with Crippen LogP contribution >= 0.6 is 0 Å². The molecule has 0 unspecified atom stereocenters. The fraction of sp³-hybridized carbons (Fsp3) is 0.765. The molecule has 1 fully saturated rings. The standard InChI is InChI=1S/C17H29N5O3/c1-6-13-19-14(25-20-13)11-21(7-2)16(24)18-9-12-8-15(23)22(10-12)17(3,4)5/h12H,6-11H2,1-5H3,(H,18,24)/t12-/m1/s1. The predicted molar refractivity (Wildman–Crippen MR) is 92.7 cm³/mol. The molecule has 1 aromatic rings. The second-order valence-electron chi connectivity index (χ2n) is 7.40. The fourth-order valence-corrected chi connectivity index (χ4v) is 2.90. The van der Waals surface area contributed by atoms with Crippen LogP contribution in [0.3, 0.4) is 0 Å². The number of rotatable bonds is 6. The monoisotopic (exact) mass is 351 g/mol. The molecule has 1 aliphatic rings. The Morgan fingerprint density at radius 1 is 1.40 bits per heavy atom. The summed E-state index contributed by atoms with van der Waals surface area (Å²) in [5, 5.41) is 6.77. The molecule has 0 aromatic carbocycles. The third-order valence-electron chi connectivity index (χ3n) is 4.38. The molecule has 1 aromatic heterocycles. The van der Waals surface area contributed by atoms with Crippen LogP contribution in [0.1, 0.15) is 52.8 Å². The molecular formula is C17H29N5O3. The van der Waals surface area contributed by atoms with E-state index in [-0.39, 0.29) is 29.9 Å². The van der Waals surface area contributed by atoms with Gasteiger partial charge in [0.1, 0.15) is 6.54 Å². The SMILES string of the molecule is CCc1noc(CN(CC)C(=O)NC[C@H]2CC(=O)N(C(C)(C)C)C2)n1. The Labute approximate surface area is 148 Å². The lowest BCUT2D eigenvalue weighted by Gasteiger charge is -2.32. The number of hydrogen-bond acceptors (Lipinski definition) is 5. The molecule has 0 bridgehead atoms. The minimum Gasteiger partial charge on any atom is -0.338 e. The minimum atomic E-state index is -0.180. The first-order chi connectivity index (χ1) is 11.7. The van der Waals surface area contributed by atoms with E-state index >= 15 is 0 Å². The molecule has 2 heterocycles. The quantitative estimate of drug-likeness (QED) is 0.844. The molecule has 1 aliphatic heterocycles. The largest absolute Gasteiger partial charge is 0.338 e. The molecule has 1 N–H and O–H groups in total. The normalized spacial score (nSPS) is 17.9. The van der Waals surface area contributed by atoms with Crippen molar-refractivity contribution in [2.45, 2.75) is 59.5 Å². The van der Waals surface area contributed by atoms with E-state index in [1.54, 1.807) is 4.90 Å². The lowest BCUT2D eigenvalue weighted by atomic mass is 10.1. The van der Waals surface area contributed by atoms with Gasteiger partial charge in [-0.3, -0.25) is 4.79 Å². The Morgan fingerprint density at radius 2 is 2.12 bits per heavy atom. The second kappa shape index (κ2) is 7.84. The van der Waals surface area contributed by atoms with E-state index in [2.05, 4.69) is 15.5 Å². The summed E-state index contributed by atoms with van der Waals surface area (Å²) >= 11 is 0. The third-order valence-corrected chi connectivity index (χ3v) is 4.38. The van der Waals surface area contributed by atoms with Crippen molar-refractivity contribution in [3.05, 3.63) is 11.7 Å². The molecule has 25 heavy (non-hydrogen) atoms. The Bertz CT molecular complexity index is 608. The summed E-state index contributed by atoms with van der Waals surface area (Å²) in [6, 6.07) is -0.180. The van der Waals surface area contributed by atoms with Gasteiger partial charge >= 0.3 is 6.03 Å². The van der Waals surface area contributed by atoms with Gasteiger partial charge in [-0.15, -0.1) is 0 Å². The Morgan fingerprint density at radius 3 is 2.64 bits per heavy atom. The summed E-state index contributed by atoms with van der Waals surface area (Å²) in [6.07, 6.45) is 1.18. The van der Waals surface area contributed by atoms with E-state index in [0.717, 1.165) is 0 Å². The second-order valence-corrected chi connectivity index (χ2v) is 7.40. The molecule has 0 aliphatic carbocycles. The molecule has 0 spiro atoms. The summed E-state index contributed by atoms with van der Waals surface area (Å²) in [4.78, 5) is 32.2. The molecule has 0 saturated carbocycles. The Kier molecular flexibility index (Phi) is 6.02. The summed E-state index contributed by atoms with van der Waals surface area (Å²) < 4.78 is 5.15. The van der Waals surface area contributed by atoms with Gasteiger partial charge in [0.15, 0.2) is 5.82 Å². The maximum Gasteiger partial charge on any atom is 0.317 e. The van der Waals surface area contributed by atoms with Crippen LogP contribution in [0.25, 0.3) is 0 Å². The summed E-state index contributed by atoms with van der Waals surface area (Å²) in [6.45, 7) is 11.9. The van der Waals surface area contributed by atoms with Crippen LogP contribution in [0, 0.1) is 5.92 Å². The smallest absolute Gasteiger partial charge is 0.317 e. The minimum absolute atomic E-state index is 0.143. The highest BCUT2D eigenvalue weighted by atomic mass is 16.5. The summed E-state index contributed by atoms with van der Waals surface area (Å²) in [7, 11) is 0. The van der Waals surface area contributed by atoms with Crippen LogP contribution in [0.4, 0.5) is 4.79 Å². The van der Waals surface area contributed by atoms with E-state index in [1.807, 2.05) is 39.5 Å². The Balaban J connectivity index is 1.85. The van der Waals surface area contributed by atoms with E-state index in [1.165, 1.54) is 0 Å². The highest BCUT2D eigenvalue weighted by molar-refractivity contribution is 5.79. The molecule has 1 atom stereocenters.